The molecule has 4 rings (SSSR count). The normalized spacial score (nSPS) is 15.5. The lowest BCUT2D eigenvalue weighted by Gasteiger charge is -2.16. The van der Waals surface area contributed by atoms with Gasteiger partial charge in [0.25, 0.3) is 0 Å². The van der Waals surface area contributed by atoms with Gasteiger partial charge >= 0.3 is 0 Å². The van der Waals surface area contributed by atoms with Gasteiger partial charge in [0.2, 0.25) is 0 Å². The molecule has 1 saturated carbocycles. The molecule has 1 aliphatic carbocycles. The Bertz CT molecular complexity index is 882. The van der Waals surface area contributed by atoms with E-state index < -0.39 is 6.10 Å². The van der Waals surface area contributed by atoms with E-state index in [1.165, 1.54) is 47.9 Å². The van der Waals surface area contributed by atoms with E-state index in [2.05, 4.69) is 53.8 Å². The van der Waals surface area contributed by atoms with E-state index in [0.717, 1.165) is 24.4 Å². The van der Waals surface area contributed by atoms with Crippen molar-refractivity contribution in [2.45, 2.75) is 44.1 Å². The molecule has 29 heavy (non-hydrogen) atoms. The first-order chi connectivity index (χ1) is 14.3. The number of aliphatic hydroxyl groups excluding tert-OH is 1. The molecule has 2 nitrogen and oxygen atoms in total. The van der Waals surface area contributed by atoms with Crippen molar-refractivity contribution in [2.24, 2.45) is 0 Å². The van der Waals surface area contributed by atoms with Crippen LogP contribution < -0.4 is 5.32 Å². The molecule has 1 fully saturated rings. The SMILES string of the molecule is OC(CNCCc1ccc(-c2ccccc2C2CCCC2)cc1)c1ccccc1. The lowest BCUT2D eigenvalue weighted by atomic mass is 9.89. The molecule has 0 spiro atoms. The van der Waals surface area contributed by atoms with Gasteiger partial charge in [-0.1, -0.05) is 91.7 Å². The zero-order chi connectivity index (χ0) is 19.9. The molecule has 2 N–H and O–H groups in total. The van der Waals surface area contributed by atoms with Crippen LogP contribution in [0.25, 0.3) is 11.1 Å². The molecule has 0 amide bonds. The minimum atomic E-state index is -0.453. The van der Waals surface area contributed by atoms with Crippen LogP contribution in [0.15, 0.2) is 78.9 Å². The first-order valence-corrected chi connectivity index (χ1v) is 10.9. The Hall–Kier alpha value is -2.42. The van der Waals surface area contributed by atoms with E-state index in [1.807, 2.05) is 30.3 Å². The zero-order valence-corrected chi connectivity index (χ0v) is 17.1. The van der Waals surface area contributed by atoms with Crippen LogP contribution in [-0.2, 0) is 6.42 Å². The molecule has 1 aliphatic rings. The Kier molecular flexibility index (Phi) is 6.76. The molecule has 1 unspecified atom stereocenters. The molecule has 3 aromatic carbocycles. The second-order valence-electron chi connectivity index (χ2n) is 8.15. The smallest absolute Gasteiger partial charge is 0.0914 e. The predicted octanol–water partition coefficient (Wildman–Crippen LogP) is 5.88. The Morgan fingerprint density at radius 3 is 2.28 bits per heavy atom. The Balaban J connectivity index is 1.32. The van der Waals surface area contributed by atoms with Crippen molar-refractivity contribution in [3.63, 3.8) is 0 Å². The first kappa shape index (κ1) is 19.9. The lowest BCUT2D eigenvalue weighted by Crippen LogP contribution is -2.23. The third-order valence-corrected chi connectivity index (χ3v) is 6.13. The fourth-order valence-corrected chi connectivity index (χ4v) is 4.47. The van der Waals surface area contributed by atoms with E-state index in [4.69, 9.17) is 0 Å². The summed E-state index contributed by atoms with van der Waals surface area (Å²) in [6, 6.07) is 27.8. The van der Waals surface area contributed by atoms with Crippen LogP contribution in [0.5, 0.6) is 0 Å². The van der Waals surface area contributed by atoms with Crippen LogP contribution in [0.3, 0.4) is 0 Å². The molecule has 1 atom stereocenters. The standard InChI is InChI=1S/C27H31NO/c29-27(24-10-2-1-3-11-24)20-28-19-18-21-14-16-23(17-15-21)26-13-7-6-12-25(26)22-8-4-5-9-22/h1-3,6-7,10-17,22,27-29H,4-5,8-9,18-20H2. The summed E-state index contributed by atoms with van der Waals surface area (Å²) in [6.45, 7) is 1.44. The van der Waals surface area contributed by atoms with Gasteiger partial charge in [0.1, 0.15) is 0 Å². The zero-order valence-electron chi connectivity index (χ0n) is 17.1. The van der Waals surface area contributed by atoms with Crippen molar-refractivity contribution >= 4 is 0 Å². The Labute approximate surface area is 174 Å². The summed E-state index contributed by atoms with van der Waals surface area (Å²) >= 11 is 0. The summed E-state index contributed by atoms with van der Waals surface area (Å²) in [7, 11) is 0. The number of hydrogen-bond donors (Lipinski definition) is 2. The van der Waals surface area contributed by atoms with Crippen molar-refractivity contribution in [1.29, 1.82) is 0 Å². The van der Waals surface area contributed by atoms with Gasteiger partial charge in [0.05, 0.1) is 6.10 Å². The van der Waals surface area contributed by atoms with Gasteiger partial charge in [0.15, 0.2) is 0 Å². The minimum absolute atomic E-state index is 0.453. The largest absolute Gasteiger partial charge is 0.387 e. The fourth-order valence-electron chi connectivity index (χ4n) is 4.47. The predicted molar refractivity (Wildman–Crippen MR) is 121 cm³/mol. The summed E-state index contributed by atoms with van der Waals surface area (Å²) in [5.74, 6) is 0.728. The first-order valence-electron chi connectivity index (χ1n) is 10.9. The molecular weight excluding hydrogens is 354 g/mol. The van der Waals surface area contributed by atoms with Crippen molar-refractivity contribution in [1.82, 2.24) is 5.32 Å². The second kappa shape index (κ2) is 9.87. The van der Waals surface area contributed by atoms with Crippen molar-refractivity contribution in [3.05, 3.63) is 95.6 Å². The van der Waals surface area contributed by atoms with Crippen LogP contribution in [0.2, 0.25) is 0 Å². The summed E-state index contributed by atoms with van der Waals surface area (Å²) in [6.07, 6.45) is 5.90. The van der Waals surface area contributed by atoms with Gasteiger partial charge in [-0.2, -0.15) is 0 Å². The van der Waals surface area contributed by atoms with Crippen molar-refractivity contribution < 1.29 is 5.11 Å². The van der Waals surface area contributed by atoms with Crippen molar-refractivity contribution in [2.75, 3.05) is 13.1 Å². The fraction of sp³-hybridized carbons (Fsp3) is 0.333. The molecule has 150 valence electrons. The lowest BCUT2D eigenvalue weighted by molar-refractivity contribution is 0.175. The molecular formula is C27H31NO. The third-order valence-electron chi connectivity index (χ3n) is 6.13. The van der Waals surface area contributed by atoms with E-state index in [-0.39, 0.29) is 0 Å². The van der Waals surface area contributed by atoms with Gasteiger partial charge in [-0.25, -0.2) is 0 Å². The average molecular weight is 386 g/mol. The maximum Gasteiger partial charge on any atom is 0.0914 e. The highest BCUT2D eigenvalue weighted by Crippen LogP contribution is 2.39. The summed E-state index contributed by atoms with van der Waals surface area (Å²) in [5, 5.41) is 13.6. The number of hydrogen-bond acceptors (Lipinski definition) is 2. The molecule has 2 heteroatoms. The van der Waals surface area contributed by atoms with Gasteiger partial charge in [0, 0.05) is 6.54 Å². The minimum Gasteiger partial charge on any atom is -0.387 e. The second-order valence-corrected chi connectivity index (χ2v) is 8.15. The van der Waals surface area contributed by atoms with Crippen LogP contribution in [0.1, 0.15) is 54.4 Å². The van der Waals surface area contributed by atoms with Crippen LogP contribution in [0, 0.1) is 0 Å². The quantitative estimate of drug-likeness (QED) is 0.475. The van der Waals surface area contributed by atoms with Gasteiger partial charge < -0.3 is 10.4 Å². The van der Waals surface area contributed by atoms with E-state index >= 15 is 0 Å². The third kappa shape index (κ3) is 5.14. The van der Waals surface area contributed by atoms with E-state index in [9.17, 15) is 5.11 Å². The maximum absolute atomic E-state index is 10.2. The van der Waals surface area contributed by atoms with E-state index in [0.29, 0.717) is 6.54 Å². The topological polar surface area (TPSA) is 32.3 Å². The molecule has 0 aromatic heterocycles. The highest BCUT2D eigenvalue weighted by molar-refractivity contribution is 5.68. The molecule has 0 radical (unpaired) electrons. The van der Waals surface area contributed by atoms with Gasteiger partial charge in [-0.05, 0) is 59.5 Å². The highest BCUT2D eigenvalue weighted by Gasteiger charge is 2.19. The number of rotatable bonds is 8. The number of aliphatic hydroxyl groups is 1. The Morgan fingerprint density at radius 1 is 0.828 bits per heavy atom. The summed E-state index contributed by atoms with van der Waals surface area (Å²) in [5.41, 5.74) is 6.53. The van der Waals surface area contributed by atoms with Gasteiger partial charge in [-0.3, -0.25) is 0 Å². The Morgan fingerprint density at radius 2 is 1.52 bits per heavy atom. The number of benzene rings is 3. The average Bonchev–Trinajstić information content (AvgIpc) is 3.32. The van der Waals surface area contributed by atoms with Crippen LogP contribution >= 0.6 is 0 Å². The monoisotopic (exact) mass is 385 g/mol. The van der Waals surface area contributed by atoms with Crippen LogP contribution in [-0.4, -0.2) is 18.2 Å². The molecule has 0 aliphatic heterocycles. The van der Waals surface area contributed by atoms with Gasteiger partial charge in [-0.15, -0.1) is 0 Å². The molecule has 0 saturated heterocycles. The van der Waals surface area contributed by atoms with E-state index in [1.54, 1.807) is 0 Å². The molecule has 0 heterocycles. The van der Waals surface area contributed by atoms with Crippen molar-refractivity contribution in [3.8, 4) is 11.1 Å². The summed E-state index contributed by atoms with van der Waals surface area (Å²) in [4.78, 5) is 0. The summed E-state index contributed by atoms with van der Waals surface area (Å²) < 4.78 is 0. The maximum atomic E-state index is 10.2. The molecule has 0 bridgehead atoms. The highest BCUT2D eigenvalue weighted by atomic mass is 16.3. The molecule has 3 aromatic rings. The number of nitrogens with one attached hydrogen (secondary N) is 1. The van der Waals surface area contributed by atoms with Crippen LogP contribution in [0.4, 0.5) is 0 Å².